The molecule has 0 amide bonds. The highest BCUT2D eigenvalue weighted by atomic mass is 32.2. The van der Waals surface area contributed by atoms with Crippen molar-refractivity contribution in [1.29, 1.82) is 0 Å². The van der Waals surface area contributed by atoms with Gasteiger partial charge in [-0.15, -0.1) is 11.8 Å². The summed E-state index contributed by atoms with van der Waals surface area (Å²) in [6.45, 7) is 2.08. The van der Waals surface area contributed by atoms with E-state index in [-0.39, 0.29) is 5.75 Å². The maximum Gasteiger partial charge on any atom is 0.389 e. The Hall–Kier alpha value is -0.720. The van der Waals surface area contributed by atoms with Crippen LogP contribution < -0.4 is 5.32 Å². The first-order valence-electron chi connectivity index (χ1n) is 5.99. The number of hydrogen-bond acceptors (Lipinski definition) is 3. The van der Waals surface area contributed by atoms with Crippen molar-refractivity contribution >= 4 is 11.8 Å². The number of halogens is 3. The molecule has 0 saturated heterocycles. The summed E-state index contributed by atoms with van der Waals surface area (Å²) < 4.78 is 41.0. The summed E-state index contributed by atoms with van der Waals surface area (Å²) in [5.74, 6) is 0.0596. The first-order chi connectivity index (χ1) is 9.01. The van der Waals surface area contributed by atoms with Gasteiger partial charge < -0.3 is 10.1 Å². The predicted octanol–water partition coefficient (Wildman–Crippen LogP) is 3.47. The first-order valence-corrected chi connectivity index (χ1v) is 6.98. The van der Waals surface area contributed by atoms with Gasteiger partial charge in [0.25, 0.3) is 0 Å². The van der Waals surface area contributed by atoms with E-state index in [0.717, 1.165) is 17.0 Å². The Labute approximate surface area is 115 Å². The number of hydrogen-bond donors (Lipinski definition) is 1. The van der Waals surface area contributed by atoms with Crippen LogP contribution in [0, 0.1) is 0 Å². The maximum atomic E-state index is 12.0. The molecule has 1 aromatic carbocycles. The van der Waals surface area contributed by atoms with Gasteiger partial charge in [-0.2, -0.15) is 13.2 Å². The molecule has 2 nitrogen and oxygen atoms in total. The Balaban J connectivity index is 2.35. The van der Waals surface area contributed by atoms with Crippen LogP contribution in [-0.4, -0.2) is 32.2 Å². The predicted molar refractivity (Wildman–Crippen MR) is 71.4 cm³/mol. The highest BCUT2D eigenvalue weighted by Gasteiger charge is 2.26. The van der Waals surface area contributed by atoms with Gasteiger partial charge in [0.2, 0.25) is 0 Å². The molecule has 19 heavy (non-hydrogen) atoms. The zero-order chi connectivity index (χ0) is 14.1. The third-order valence-corrected chi connectivity index (χ3v) is 3.36. The Morgan fingerprint density at radius 2 is 2.11 bits per heavy atom. The summed E-state index contributed by atoms with van der Waals surface area (Å²) in [7, 11) is 1.64. The summed E-state index contributed by atoms with van der Waals surface area (Å²) in [5.41, 5.74) is 1.06. The highest BCUT2D eigenvalue weighted by molar-refractivity contribution is 7.99. The van der Waals surface area contributed by atoms with E-state index in [2.05, 4.69) is 5.32 Å². The van der Waals surface area contributed by atoms with Crippen molar-refractivity contribution in [1.82, 2.24) is 5.32 Å². The van der Waals surface area contributed by atoms with Crippen LogP contribution in [0.1, 0.15) is 12.0 Å². The molecule has 0 aliphatic heterocycles. The molecule has 0 radical (unpaired) electrons. The second kappa shape index (κ2) is 8.45. The number of benzene rings is 1. The molecule has 0 spiro atoms. The van der Waals surface area contributed by atoms with Crippen LogP contribution in [0.4, 0.5) is 13.2 Å². The van der Waals surface area contributed by atoms with Crippen LogP contribution in [0.3, 0.4) is 0 Å². The lowest BCUT2D eigenvalue weighted by molar-refractivity contribution is -0.129. The molecule has 6 heteroatoms. The lowest BCUT2D eigenvalue weighted by atomic mass is 10.2. The van der Waals surface area contributed by atoms with E-state index in [1.165, 1.54) is 11.8 Å². The van der Waals surface area contributed by atoms with Crippen molar-refractivity contribution in [3.05, 3.63) is 29.8 Å². The van der Waals surface area contributed by atoms with E-state index in [4.69, 9.17) is 4.74 Å². The molecule has 0 aromatic heterocycles. The minimum Gasteiger partial charge on any atom is -0.383 e. The van der Waals surface area contributed by atoms with E-state index in [1.807, 2.05) is 24.3 Å². The Morgan fingerprint density at radius 1 is 1.32 bits per heavy atom. The van der Waals surface area contributed by atoms with Crippen LogP contribution in [-0.2, 0) is 11.3 Å². The number of alkyl halides is 3. The molecule has 0 bridgehead atoms. The van der Waals surface area contributed by atoms with Gasteiger partial charge in [0.05, 0.1) is 13.0 Å². The molecular formula is C13H18F3NOS. The summed E-state index contributed by atoms with van der Waals surface area (Å²) in [6, 6.07) is 7.57. The van der Waals surface area contributed by atoms with Crippen LogP contribution in [0.25, 0.3) is 0 Å². The average Bonchev–Trinajstić information content (AvgIpc) is 2.34. The molecular weight excluding hydrogens is 275 g/mol. The van der Waals surface area contributed by atoms with Crippen molar-refractivity contribution in [2.75, 3.05) is 26.0 Å². The van der Waals surface area contributed by atoms with Gasteiger partial charge in [-0.1, -0.05) is 12.1 Å². The van der Waals surface area contributed by atoms with E-state index in [9.17, 15) is 13.2 Å². The number of methoxy groups -OCH3 is 1. The molecule has 0 heterocycles. The molecule has 0 saturated carbocycles. The topological polar surface area (TPSA) is 21.3 Å². The fourth-order valence-corrected chi connectivity index (χ4v) is 2.42. The fourth-order valence-electron chi connectivity index (χ4n) is 1.44. The van der Waals surface area contributed by atoms with Gasteiger partial charge in [0, 0.05) is 30.8 Å². The minimum atomic E-state index is -4.08. The van der Waals surface area contributed by atoms with Gasteiger partial charge in [-0.05, 0) is 17.7 Å². The van der Waals surface area contributed by atoms with E-state index in [1.54, 1.807) is 7.11 Å². The second-order valence-corrected chi connectivity index (χ2v) is 5.20. The highest BCUT2D eigenvalue weighted by Crippen LogP contribution is 2.26. The van der Waals surface area contributed by atoms with E-state index < -0.39 is 12.6 Å². The lowest BCUT2D eigenvalue weighted by Crippen LogP contribution is -2.18. The SMILES string of the molecule is COCCNCc1cccc(SCCC(F)(F)F)c1. The molecule has 0 aliphatic carbocycles. The smallest absolute Gasteiger partial charge is 0.383 e. The number of nitrogens with one attached hydrogen (secondary N) is 1. The third kappa shape index (κ3) is 8.13. The van der Waals surface area contributed by atoms with E-state index in [0.29, 0.717) is 13.2 Å². The largest absolute Gasteiger partial charge is 0.389 e. The lowest BCUT2D eigenvalue weighted by Gasteiger charge is -2.08. The van der Waals surface area contributed by atoms with Gasteiger partial charge in [0.15, 0.2) is 0 Å². The summed E-state index contributed by atoms with van der Waals surface area (Å²) in [6.07, 6.45) is -4.83. The Kier molecular flexibility index (Phi) is 7.27. The molecule has 0 fully saturated rings. The van der Waals surface area contributed by atoms with Crippen molar-refractivity contribution in [3.8, 4) is 0 Å². The van der Waals surface area contributed by atoms with Crippen molar-refractivity contribution in [2.24, 2.45) is 0 Å². The first kappa shape index (κ1) is 16.3. The van der Waals surface area contributed by atoms with Crippen LogP contribution in [0.2, 0.25) is 0 Å². The molecule has 0 aliphatic rings. The standard InChI is InChI=1S/C13H18F3NOS/c1-18-7-6-17-10-11-3-2-4-12(9-11)19-8-5-13(14,15)16/h2-4,9,17H,5-8,10H2,1H3. The average molecular weight is 293 g/mol. The second-order valence-electron chi connectivity index (χ2n) is 4.03. The zero-order valence-electron chi connectivity index (χ0n) is 10.8. The number of rotatable bonds is 8. The zero-order valence-corrected chi connectivity index (χ0v) is 11.6. The van der Waals surface area contributed by atoms with Crippen LogP contribution >= 0.6 is 11.8 Å². The molecule has 0 atom stereocenters. The van der Waals surface area contributed by atoms with Crippen LogP contribution in [0.15, 0.2) is 29.2 Å². The van der Waals surface area contributed by atoms with E-state index >= 15 is 0 Å². The summed E-state index contributed by atoms with van der Waals surface area (Å²) >= 11 is 1.23. The minimum absolute atomic E-state index is 0.0596. The molecule has 1 N–H and O–H groups in total. The monoisotopic (exact) mass is 293 g/mol. The normalized spacial score (nSPS) is 11.8. The third-order valence-electron chi connectivity index (χ3n) is 2.36. The van der Waals surface area contributed by atoms with Crippen molar-refractivity contribution < 1.29 is 17.9 Å². The maximum absolute atomic E-state index is 12.0. The molecule has 1 aromatic rings. The van der Waals surface area contributed by atoms with Crippen molar-refractivity contribution in [3.63, 3.8) is 0 Å². The molecule has 1 rings (SSSR count). The van der Waals surface area contributed by atoms with Crippen molar-refractivity contribution in [2.45, 2.75) is 24.0 Å². The van der Waals surface area contributed by atoms with Gasteiger partial charge >= 0.3 is 6.18 Å². The Bertz CT molecular complexity index is 371. The van der Waals surface area contributed by atoms with Gasteiger partial charge in [-0.3, -0.25) is 0 Å². The fraction of sp³-hybridized carbons (Fsp3) is 0.538. The van der Waals surface area contributed by atoms with Crippen LogP contribution in [0.5, 0.6) is 0 Å². The molecule has 0 unspecified atom stereocenters. The summed E-state index contributed by atoms with van der Waals surface area (Å²) in [4.78, 5) is 0.871. The molecule has 108 valence electrons. The van der Waals surface area contributed by atoms with Gasteiger partial charge in [-0.25, -0.2) is 0 Å². The quantitative estimate of drug-likeness (QED) is 0.586. The number of ether oxygens (including phenoxy) is 1. The van der Waals surface area contributed by atoms with Gasteiger partial charge in [0.1, 0.15) is 0 Å². The summed E-state index contributed by atoms with van der Waals surface area (Å²) in [5, 5.41) is 3.20. The number of thioether (sulfide) groups is 1. The Morgan fingerprint density at radius 3 is 2.79 bits per heavy atom.